The molecule has 2 bridgehead atoms. The highest BCUT2D eigenvalue weighted by Gasteiger charge is 2.29. The van der Waals surface area contributed by atoms with Crippen molar-refractivity contribution >= 4 is 17.3 Å². The number of phenolic OH excluding ortho intramolecular Hbond substituents is 1. The number of phenols is 1. The van der Waals surface area contributed by atoms with Gasteiger partial charge in [-0.2, -0.15) is 0 Å². The minimum atomic E-state index is 0.165. The lowest BCUT2D eigenvalue weighted by Crippen LogP contribution is -2.35. The molecule has 4 fully saturated rings. The Morgan fingerprint density at radius 2 is 1.98 bits per heavy atom. The number of para-hydroxylation sites is 1. The second kappa shape index (κ2) is 11.7. The highest BCUT2D eigenvalue weighted by Crippen LogP contribution is 2.32. The number of nitrogens with zero attached hydrogens (tertiary/aromatic N) is 7. The number of hydrogen-bond donors (Lipinski definition) is 2. The Bertz CT molecular complexity index is 1380. The molecule has 4 saturated heterocycles. The van der Waals surface area contributed by atoms with E-state index in [2.05, 4.69) is 48.6 Å². The standard InChI is InChI=1S/C30H36N8O2/c1-21-11-14-37(26-17-25(34-35-30(26)31)24-5-2-3-6-27(24)39)15-16-38(21)29-10-12-32-28(33-29)7-4-13-36-18-22-8-9-23(19-36)40-20-22/h2-3,5-6,10,12,17,21-23,39H,8-9,11,13-16,18-20H2,1H3,(H2,31,35)/t21-,22?,23-/m1/s1. The van der Waals surface area contributed by atoms with E-state index in [9.17, 15) is 5.11 Å². The quantitative estimate of drug-likeness (QED) is 0.479. The number of aromatic nitrogens is 4. The topological polar surface area (TPSA) is 117 Å². The van der Waals surface area contributed by atoms with Crippen LogP contribution in [-0.4, -0.2) is 88.2 Å². The fourth-order valence-electron chi connectivity index (χ4n) is 5.91. The number of nitrogens with two attached hydrogens (primary N) is 1. The summed E-state index contributed by atoms with van der Waals surface area (Å²) in [4.78, 5) is 16.2. The fourth-order valence-corrected chi connectivity index (χ4v) is 5.91. The third kappa shape index (κ3) is 5.81. The number of ether oxygens (including phenoxy) is 1. The van der Waals surface area contributed by atoms with E-state index in [1.807, 2.05) is 24.3 Å². The van der Waals surface area contributed by atoms with Gasteiger partial charge < -0.3 is 25.4 Å². The van der Waals surface area contributed by atoms with E-state index < -0.39 is 0 Å². The molecule has 0 aliphatic carbocycles. The van der Waals surface area contributed by atoms with E-state index >= 15 is 0 Å². The monoisotopic (exact) mass is 540 g/mol. The van der Waals surface area contributed by atoms with Crippen molar-refractivity contribution in [2.24, 2.45) is 5.92 Å². The average Bonchev–Trinajstić information content (AvgIpc) is 3.38. The molecule has 7 rings (SSSR count). The zero-order valence-corrected chi connectivity index (χ0v) is 22.9. The predicted molar refractivity (Wildman–Crippen MR) is 155 cm³/mol. The zero-order chi connectivity index (χ0) is 27.5. The van der Waals surface area contributed by atoms with Crippen LogP contribution in [0.15, 0.2) is 42.6 Å². The number of rotatable bonds is 4. The van der Waals surface area contributed by atoms with Gasteiger partial charge in [-0.3, -0.25) is 4.90 Å². The highest BCUT2D eigenvalue weighted by molar-refractivity contribution is 5.74. The van der Waals surface area contributed by atoms with E-state index in [1.165, 1.54) is 6.42 Å². The molecule has 0 saturated carbocycles. The third-order valence-corrected chi connectivity index (χ3v) is 8.16. The first kappa shape index (κ1) is 26.3. The Morgan fingerprint density at radius 1 is 1.07 bits per heavy atom. The van der Waals surface area contributed by atoms with Crippen LogP contribution in [0.3, 0.4) is 0 Å². The van der Waals surface area contributed by atoms with Crippen LogP contribution in [0.2, 0.25) is 0 Å². The van der Waals surface area contributed by atoms with Crippen molar-refractivity contribution in [2.75, 3.05) is 61.4 Å². The van der Waals surface area contributed by atoms with Crippen LogP contribution in [0, 0.1) is 17.8 Å². The molecule has 3 atom stereocenters. The van der Waals surface area contributed by atoms with Gasteiger partial charge in [0.25, 0.3) is 0 Å². The minimum absolute atomic E-state index is 0.165. The highest BCUT2D eigenvalue weighted by atomic mass is 16.5. The van der Waals surface area contributed by atoms with Crippen LogP contribution >= 0.6 is 0 Å². The molecule has 4 aliphatic rings. The van der Waals surface area contributed by atoms with Crippen molar-refractivity contribution in [3.63, 3.8) is 0 Å². The molecule has 6 heterocycles. The summed E-state index contributed by atoms with van der Waals surface area (Å²) in [5.74, 6) is 9.10. The summed E-state index contributed by atoms with van der Waals surface area (Å²) in [5, 5.41) is 18.7. The van der Waals surface area contributed by atoms with Crippen LogP contribution < -0.4 is 15.5 Å². The second-order valence-electron chi connectivity index (χ2n) is 11.0. The molecular formula is C30H36N8O2. The van der Waals surface area contributed by atoms with E-state index in [-0.39, 0.29) is 11.8 Å². The van der Waals surface area contributed by atoms with Gasteiger partial charge in [0, 0.05) is 50.5 Å². The summed E-state index contributed by atoms with van der Waals surface area (Å²) in [6, 6.07) is 11.3. The molecule has 2 aromatic heterocycles. The SMILES string of the molecule is C[C@@H]1CCN(c2cc(-c3ccccc3O)nnc2N)CCN1c1ccnc(C#CCN2CC3CC[C@H](C2)OC3)n1. The molecule has 3 N–H and O–H groups in total. The van der Waals surface area contributed by atoms with Gasteiger partial charge in [0.15, 0.2) is 5.82 Å². The van der Waals surface area contributed by atoms with E-state index in [1.54, 1.807) is 18.3 Å². The summed E-state index contributed by atoms with van der Waals surface area (Å²) in [6.07, 6.45) is 5.48. The molecule has 40 heavy (non-hydrogen) atoms. The van der Waals surface area contributed by atoms with E-state index in [0.29, 0.717) is 41.5 Å². The van der Waals surface area contributed by atoms with Gasteiger partial charge in [0.2, 0.25) is 5.82 Å². The molecule has 208 valence electrons. The van der Waals surface area contributed by atoms with E-state index in [4.69, 9.17) is 15.5 Å². The number of hydrogen-bond acceptors (Lipinski definition) is 10. The molecule has 4 aliphatic heterocycles. The van der Waals surface area contributed by atoms with Crippen molar-refractivity contribution in [1.29, 1.82) is 0 Å². The number of fused-ring (bicyclic) bond motifs is 4. The lowest BCUT2D eigenvalue weighted by atomic mass is 10.0. The van der Waals surface area contributed by atoms with Gasteiger partial charge in [0.05, 0.1) is 30.6 Å². The lowest BCUT2D eigenvalue weighted by molar-refractivity contribution is 0.00490. The van der Waals surface area contributed by atoms with Gasteiger partial charge in [-0.15, -0.1) is 10.2 Å². The molecule has 10 heteroatoms. The van der Waals surface area contributed by atoms with Gasteiger partial charge in [-0.1, -0.05) is 18.1 Å². The molecule has 1 aromatic carbocycles. The van der Waals surface area contributed by atoms with Gasteiger partial charge >= 0.3 is 0 Å². The summed E-state index contributed by atoms with van der Waals surface area (Å²) in [5.41, 5.74) is 8.33. The Labute approximate surface area is 235 Å². The maximum Gasteiger partial charge on any atom is 0.206 e. The largest absolute Gasteiger partial charge is 0.507 e. The number of benzene rings is 1. The fraction of sp³-hybridized carbons (Fsp3) is 0.467. The summed E-state index contributed by atoms with van der Waals surface area (Å²) in [7, 11) is 0. The van der Waals surface area contributed by atoms with Gasteiger partial charge in [-0.25, -0.2) is 9.97 Å². The third-order valence-electron chi connectivity index (χ3n) is 8.16. The molecular weight excluding hydrogens is 504 g/mol. The molecule has 0 amide bonds. The van der Waals surface area contributed by atoms with Gasteiger partial charge in [-0.05, 0) is 62.3 Å². The second-order valence-corrected chi connectivity index (χ2v) is 11.0. The Balaban J connectivity index is 1.14. The number of nitrogen functional groups attached to an aromatic ring is 1. The van der Waals surface area contributed by atoms with Crippen LogP contribution in [0.5, 0.6) is 5.75 Å². The van der Waals surface area contributed by atoms with Crippen LogP contribution in [0.4, 0.5) is 17.3 Å². The Morgan fingerprint density at radius 3 is 2.83 bits per heavy atom. The maximum atomic E-state index is 10.3. The normalized spacial score (nSPS) is 23.3. The maximum absolute atomic E-state index is 10.3. The van der Waals surface area contributed by atoms with Crippen LogP contribution in [-0.2, 0) is 4.74 Å². The first-order valence-electron chi connectivity index (χ1n) is 14.1. The predicted octanol–water partition coefficient (Wildman–Crippen LogP) is 2.79. The van der Waals surface area contributed by atoms with Crippen molar-refractivity contribution < 1.29 is 9.84 Å². The number of aromatic hydroxyl groups is 1. The van der Waals surface area contributed by atoms with Crippen molar-refractivity contribution in [1.82, 2.24) is 25.1 Å². The zero-order valence-electron chi connectivity index (χ0n) is 22.9. The smallest absolute Gasteiger partial charge is 0.206 e. The van der Waals surface area contributed by atoms with Crippen LogP contribution in [0.1, 0.15) is 32.0 Å². The summed E-state index contributed by atoms with van der Waals surface area (Å²) < 4.78 is 5.93. The lowest BCUT2D eigenvalue weighted by Gasteiger charge is -2.28. The van der Waals surface area contributed by atoms with Crippen molar-refractivity contribution in [2.45, 2.75) is 38.3 Å². The van der Waals surface area contributed by atoms with Crippen molar-refractivity contribution in [3.05, 3.63) is 48.4 Å². The Kier molecular flexibility index (Phi) is 7.66. The van der Waals surface area contributed by atoms with Crippen molar-refractivity contribution in [3.8, 4) is 28.8 Å². The Hall–Kier alpha value is -3.94. The molecule has 0 radical (unpaired) electrons. The van der Waals surface area contributed by atoms with E-state index in [0.717, 1.165) is 63.7 Å². The average molecular weight is 541 g/mol. The summed E-state index contributed by atoms with van der Waals surface area (Å²) in [6.45, 7) is 8.14. The molecule has 0 spiro atoms. The van der Waals surface area contributed by atoms with Crippen LogP contribution in [0.25, 0.3) is 11.3 Å². The van der Waals surface area contributed by atoms with Gasteiger partial charge in [0.1, 0.15) is 11.6 Å². The minimum Gasteiger partial charge on any atom is -0.507 e. The molecule has 3 aromatic rings. The molecule has 10 nitrogen and oxygen atoms in total. The molecule has 1 unspecified atom stereocenters. The summed E-state index contributed by atoms with van der Waals surface area (Å²) >= 11 is 0. The first-order valence-corrected chi connectivity index (χ1v) is 14.1. The number of anilines is 3. The first-order chi connectivity index (χ1) is 19.5.